The Morgan fingerprint density at radius 1 is 1.11 bits per heavy atom. The van der Waals surface area contributed by atoms with Crippen LogP contribution in [0.25, 0.3) is 16.9 Å². The first-order valence-electron chi connectivity index (χ1n) is 8.63. The lowest BCUT2D eigenvalue weighted by molar-refractivity contribution is 0.875. The Bertz CT molecular complexity index is 1090. The second kappa shape index (κ2) is 7.28. The van der Waals surface area contributed by atoms with Crippen LogP contribution in [0.1, 0.15) is 25.2 Å². The van der Waals surface area contributed by atoms with Gasteiger partial charge in [-0.3, -0.25) is 4.40 Å². The van der Waals surface area contributed by atoms with Gasteiger partial charge in [-0.25, -0.2) is 15.0 Å². The van der Waals surface area contributed by atoms with Crippen molar-refractivity contribution in [2.24, 2.45) is 0 Å². The van der Waals surface area contributed by atoms with E-state index in [1.165, 1.54) is 0 Å². The summed E-state index contributed by atoms with van der Waals surface area (Å²) in [4.78, 5) is 12.9. The molecule has 0 unspecified atom stereocenters. The monoisotopic (exact) mass is 379 g/mol. The van der Waals surface area contributed by atoms with Crippen LogP contribution in [0.2, 0.25) is 5.15 Å². The van der Waals surface area contributed by atoms with E-state index < -0.39 is 0 Å². The lowest BCUT2D eigenvalue weighted by atomic mass is 10.2. The quantitative estimate of drug-likeness (QED) is 0.533. The smallest absolute Gasteiger partial charge is 0.223 e. The number of aromatic nitrogens is 6. The van der Waals surface area contributed by atoms with Crippen molar-refractivity contribution in [3.63, 3.8) is 0 Å². The van der Waals surface area contributed by atoms with E-state index in [2.05, 4.69) is 30.5 Å². The van der Waals surface area contributed by atoms with Gasteiger partial charge in [0.2, 0.25) is 5.95 Å². The highest BCUT2D eigenvalue weighted by molar-refractivity contribution is 6.30. The molecule has 27 heavy (non-hydrogen) atoms. The summed E-state index contributed by atoms with van der Waals surface area (Å²) in [6.45, 7) is 4.10. The first-order chi connectivity index (χ1) is 13.1. The van der Waals surface area contributed by atoms with Crippen LogP contribution in [0, 0.1) is 0 Å². The van der Waals surface area contributed by atoms with Crippen LogP contribution in [0.15, 0.2) is 48.9 Å². The molecule has 0 bridgehead atoms. The number of anilines is 1. The van der Waals surface area contributed by atoms with Gasteiger partial charge in [-0.2, -0.15) is 0 Å². The third-order valence-electron chi connectivity index (χ3n) is 4.03. The molecule has 1 N–H and O–H groups in total. The second-order valence-electron chi connectivity index (χ2n) is 6.45. The minimum atomic E-state index is 0.265. The van der Waals surface area contributed by atoms with Gasteiger partial charge in [-0.15, -0.1) is 10.2 Å². The number of nitrogens with zero attached hydrogens (tertiary/aromatic N) is 6. The van der Waals surface area contributed by atoms with E-state index in [9.17, 15) is 0 Å². The molecule has 0 amide bonds. The van der Waals surface area contributed by atoms with E-state index in [0.717, 1.165) is 28.3 Å². The van der Waals surface area contributed by atoms with Crippen molar-refractivity contribution in [2.75, 3.05) is 5.32 Å². The molecule has 0 fully saturated rings. The molecule has 0 aliphatic heterocycles. The summed E-state index contributed by atoms with van der Waals surface area (Å²) in [5.41, 5.74) is 3.45. The topological polar surface area (TPSA) is 80.9 Å². The third-order valence-corrected chi connectivity index (χ3v) is 4.37. The number of fused-ring (bicyclic) bond motifs is 1. The minimum Gasteiger partial charge on any atom is -0.352 e. The Morgan fingerprint density at radius 3 is 2.81 bits per heavy atom. The van der Waals surface area contributed by atoms with Crippen LogP contribution >= 0.6 is 11.6 Å². The van der Waals surface area contributed by atoms with Crippen molar-refractivity contribution in [1.82, 2.24) is 29.5 Å². The van der Waals surface area contributed by atoms with Crippen molar-refractivity contribution in [3.05, 3.63) is 65.5 Å². The highest BCUT2D eigenvalue weighted by Gasteiger charge is 2.11. The number of hydrogen-bond donors (Lipinski definition) is 1. The van der Waals surface area contributed by atoms with Crippen molar-refractivity contribution >= 4 is 23.2 Å². The summed E-state index contributed by atoms with van der Waals surface area (Å²) in [6.07, 6.45) is 5.92. The van der Waals surface area contributed by atoms with Crippen LogP contribution in [-0.2, 0) is 6.42 Å². The Balaban J connectivity index is 1.65. The van der Waals surface area contributed by atoms with Crippen LogP contribution in [0.3, 0.4) is 0 Å². The molecule has 4 heterocycles. The van der Waals surface area contributed by atoms with E-state index >= 15 is 0 Å². The molecule has 8 heteroatoms. The SMILES string of the molecule is CC(C)Nc1nccc(-c2ccn3c(Cc4cccnc4Cl)nnc3c2)n1. The summed E-state index contributed by atoms with van der Waals surface area (Å²) < 4.78 is 1.95. The molecule has 136 valence electrons. The van der Waals surface area contributed by atoms with E-state index in [1.54, 1.807) is 12.4 Å². The zero-order valence-electron chi connectivity index (χ0n) is 15.0. The standard InChI is InChI=1S/C19H18ClN7/c1-12(2)23-19-22-8-5-15(24-19)13-6-9-27-16(10-13)25-26-17(27)11-14-4-3-7-21-18(14)20/h3-10,12H,11H2,1-2H3,(H,22,23,24). The lowest BCUT2D eigenvalue weighted by Crippen LogP contribution is -2.12. The summed E-state index contributed by atoms with van der Waals surface area (Å²) in [7, 11) is 0. The Morgan fingerprint density at radius 2 is 2.00 bits per heavy atom. The Labute approximate surface area is 161 Å². The molecule has 0 radical (unpaired) electrons. The molecule has 0 aliphatic rings. The van der Waals surface area contributed by atoms with Crippen molar-refractivity contribution in [1.29, 1.82) is 0 Å². The summed E-state index contributed by atoms with van der Waals surface area (Å²) in [6, 6.07) is 9.90. The Kier molecular flexibility index (Phi) is 4.68. The number of halogens is 1. The molecule has 0 spiro atoms. The van der Waals surface area contributed by atoms with Gasteiger partial charge in [0.05, 0.1) is 5.69 Å². The molecule has 7 nitrogen and oxygen atoms in total. The normalized spacial score (nSPS) is 11.3. The van der Waals surface area contributed by atoms with Crippen molar-refractivity contribution < 1.29 is 0 Å². The first-order valence-corrected chi connectivity index (χ1v) is 9.01. The summed E-state index contributed by atoms with van der Waals surface area (Å²) >= 11 is 6.16. The minimum absolute atomic E-state index is 0.265. The molecular weight excluding hydrogens is 362 g/mol. The predicted molar refractivity (Wildman–Crippen MR) is 105 cm³/mol. The number of nitrogens with one attached hydrogen (secondary N) is 1. The van der Waals surface area contributed by atoms with Crippen LogP contribution in [0.4, 0.5) is 5.95 Å². The fraction of sp³-hybridized carbons (Fsp3) is 0.211. The zero-order valence-corrected chi connectivity index (χ0v) is 15.7. The first kappa shape index (κ1) is 17.4. The van der Waals surface area contributed by atoms with Crippen LogP contribution in [0.5, 0.6) is 0 Å². The summed E-state index contributed by atoms with van der Waals surface area (Å²) in [5.74, 6) is 1.41. The molecular formula is C19H18ClN7. The molecule has 4 aromatic rings. The highest BCUT2D eigenvalue weighted by atomic mass is 35.5. The molecule has 4 rings (SSSR count). The maximum atomic E-state index is 6.16. The summed E-state index contributed by atoms with van der Waals surface area (Å²) in [5, 5.41) is 12.3. The van der Waals surface area contributed by atoms with Crippen LogP contribution in [-0.4, -0.2) is 35.6 Å². The maximum absolute atomic E-state index is 6.16. The third kappa shape index (κ3) is 3.73. The average Bonchev–Trinajstić information content (AvgIpc) is 3.05. The molecule has 0 saturated heterocycles. The molecule has 0 atom stereocenters. The highest BCUT2D eigenvalue weighted by Crippen LogP contribution is 2.21. The lowest BCUT2D eigenvalue weighted by Gasteiger charge is -2.09. The van der Waals surface area contributed by atoms with Gasteiger partial charge < -0.3 is 5.32 Å². The van der Waals surface area contributed by atoms with Gasteiger partial charge in [-0.1, -0.05) is 17.7 Å². The second-order valence-corrected chi connectivity index (χ2v) is 6.81. The van der Waals surface area contributed by atoms with Crippen molar-refractivity contribution in [3.8, 4) is 11.3 Å². The average molecular weight is 380 g/mol. The van der Waals surface area contributed by atoms with Gasteiger partial charge in [0.1, 0.15) is 11.0 Å². The van der Waals surface area contributed by atoms with Gasteiger partial charge in [0.25, 0.3) is 0 Å². The van der Waals surface area contributed by atoms with Gasteiger partial charge in [0.15, 0.2) is 5.65 Å². The van der Waals surface area contributed by atoms with Crippen LogP contribution < -0.4 is 5.32 Å². The van der Waals surface area contributed by atoms with E-state index in [1.807, 2.05) is 54.8 Å². The number of hydrogen-bond acceptors (Lipinski definition) is 6. The fourth-order valence-electron chi connectivity index (χ4n) is 2.79. The zero-order chi connectivity index (χ0) is 18.8. The predicted octanol–water partition coefficient (Wildman–Crippen LogP) is 3.65. The number of pyridine rings is 2. The molecule has 0 aliphatic carbocycles. The van der Waals surface area contributed by atoms with E-state index in [0.29, 0.717) is 17.5 Å². The maximum Gasteiger partial charge on any atom is 0.223 e. The van der Waals surface area contributed by atoms with Gasteiger partial charge >= 0.3 is 0 Å². The van der Waals surface area contributed by atoms with Gasteiger partial charge in [0, 0.05) is 36.6 Å². The number of rotatable bonds is 5. The van der Waals surface area contributed by atoms with Gasteiger partial charge in [-0.05, 0) is 43.7 Å². The van der Waals surface area contributed by atoms with E-state index in [4.69, 9.17) is 11.6 Å². The Hall–Kier alpha value is -3.06. The largest absolute Gasteiger partial charge is 0.352 e. The molecule has 0 aromatic carbocycles. The molecule has 0 saturated carbocycles. The van der Waals surface area contributed by atoms with Crippen molar-refractivity contribution in [2.45, 2.75) is 26.3 Å². The fourth-order valence-corrected chi connectivity index (χ4v) is 2.98. The van der Waals surface area contributed by atoms with E-state index in [-0.39, 0.29) is 6.04 Å². The molecule has 4 aromatic heterocycles.